The Hall–Kier alpha value is -1.84. The molecule has 0 spiro atoms. The Morgan fingerprint density at radius 2 is 2.05 bits per heavy atom. The van der Waals surface area contributed by atoms with Crippen molar-refractivity contribution in [1.82, 2.24) is 0 Å². The zero-order valence-electron chi connectivity index (χ0n) is 12.3. The number of benzene rings is 1. The van der Waals surface area contributed by atoms with E-state index in [4.69, 9.17) is 5.73 Å². The Morgan fingerprint density at radius 3 is 2.65 bits per heavy atom. The molecule has 0 bridgehead atoms. The lowest BCUT2D eigenvalue weighted by atomic mass is 9.94. The number of anilines is 1. The van der Waals surface area contributed by atoms with Crippen molar-refractivity contribution in [3.05, 3.63) is 29.3 Å². The summed E-state index contributed by atoms with van der Waals surface area (Å²) >= 11 is 0. The highest BCUT2D eigenvalue weighted by Crippen LogP contribution is 2.28. The first-order valence-electron chi connectivity index (χ1n) is 7.40. The third-order valence-corrected chi connectivity index (χ3v) is 3.75. The van der Waals surface area contributed by atoms with Crippen LogP contribution in [0.5, 0.6) is 0 Å². The second-order valence-electron chi connectivity index (χ2n) is 5.30. The SMILES string of the molecule is CCCC(CCC)C1=NCc2cccc(C(N)=O)c2N1. The number of primary amides is 1. The quantitative estimate of drug-likeness (QED) is 0.834. The summed E-state index contributed by atoms with van der Waals surface area (Å²) in [4.78, 5) is 16.2. The van der Waals surface area contributed by atoms with Crippen LogP contribution in [-0.4, -0.2) is 11.7 Å². The molecule has 0 aliphatic carbocycles. The number of amidine groups is 1. The fourth-order valence-electron chi connectivity index (χ4n) is 2.77. The van der Waals surface area contributed by atoms with Gasteiger partial charge in [-0.3, -0.25) is 9.79 Å². The second-order valence-corrected chi connectivity index (χ2v) is 5.30. The summed E-state index contributed by atoms with van der Waals surface area (Å²) in [6.07, 6.45) is 4.51. The molecule has 0 unspecified atom stereocenters. The van der Waals surface area contributed by atoms with Gasteiger partial charge in [-0.05, 0) is 24.5 Å². The van der Waals surface area contributed by atoms with Crippen LogP contribution >= 0.6 is 0 Å². The minimum Gasteiger partial charge on any atom is -0.366 e. The molecule has 0 fully saturated rings. The highest BCUT2D eigenvalue weighted by molar-refractivity contribution is 6.06. The third kappa shape index (κ3) is 3.00. The maximum atomic E-state index is 11.5. The predicted molar refractivity (Wildman–Crippen MR) is 83.0 cm³/mol. The molecule has 1 heterocycles. The molecular weight excluding hydrogens is 250 g/mol. The molecule has 1 amide bonds. The van der Waals surface area contributed by atoms with Crippen LogP contribution in [0.25, 0.3) is 0 Å². The number of hydrogen-bond donors (Lipinski definition) is 2. The van der Waals surface area contributed by atoms with Crippen LogP contribution in [-0.2, 0) is 6.54 Å². The van der Waals surface area contributed by atoms with Crippen LogP contribution in [0.4, 0.5) is 5.69 Å². The minimum absolute atomic E-state index is 0.391. The number of aliphatic imine (C=N–C) groups is 1. The van der Waals surface area contributed by atoms with Gasteiger partial charge >= 0.3 is 0 Å². The molecule has 0 atom stereocenters. The fraction of sp³-hybridized carbons (Fsp3) is 0.500. The molecule has 0 saturated carbocycles. The largest absolute Gasteiger partial charge is 0.366 e. The summed E-state index contributed by atoms with van der Waals surface area (Å²) in [7, 11) is 0. The van der Waals surface area contributed by atoms with Crippen molar-refractivity contribution in [2.24, 2.45) is 16.6 Å². The average molecular weight is 273 g/mol. The number of nitrogens with one attached hydrogen (secondary N) is 1. The zero-order chi connectivity index (χ0) is 14.5. The van der Waals surface area contributed by atoms with E-state index in [0.29, 0.717) is 18.0 Å². The topological polar surface area (TPSA) is 67.5 Å². The van der Waals surface area contributed by atoms with E-state index in [9.17, 15) is 4.79 Å². The van der Waals surface area contributed by atoms with Crippen LogP contribution in [0.15, 0.2) is 23.2 Å². The van der Waals surface area contributed by atoms with Crippen molar-refractivity contribution in [3.63, 3.8) is 0 Å². The van der Waals surface area contributed by atoms with Gasteiger partial charge in [-0.25, -0.2) is 0 Å². The van der Waals surface area contributed by atoms with Gasteiger partial charge < -0.3 is 11.1 Å². The van der Waals surface area contributed by atoms with Gasteiger partial charge in [0.05, 0.1) is 17.8 Å². The lowest BCUT2D eigenvalue weighted by molar-refractivity contribution is 0.100. The van der Waals surface area contributed by atoms with Gasteiger partial charge in [0.25, 0.3) is 5.91 Å². The lowest BCUT2D eigenvalue weighted by Gasteiger charge is -2.26. The van der Waals surface area contributed by atoms with E-state index >= 15 is 0 Å². The standard InChI is InChI=1S/C16H23N3O/c1-3-6-11(7-4-2)16-18-10-12-8-5-9-13(15(17)20)14(12)19-16/h5,8-9,11H,3-4,6-7,10H2,1-2H3,(H2,17,20)(H,18,19). The van der Waals surface area contributed by atoms with Crippen LogP contribution in [0.2, 0.25) is 0 Å². The molecule has 2 rings (SSSR count). The number of nitrogens with zero attached hydrogens (tertiary/aromatic N) is 1. The van der Waals surface area contributed by atoms with E-state index in [1.807, 2.05) is 12.1 Å². The molecule has 4 nitrogen and oxygen atoms in total. The van der Waals surface area contributed by atoms with Crippen molar-refractivity contribution in [1.29, 1.82) is 0 Å². The Morgan fingerprint density at radius 1 is 1.35 bits per heavy atom. The highest BCUT2D eigenvalue weighted by Gasteiger charge is 2.22. The Balaban J connectivity index is 2.27. The number of nitrogens with two attached hydrogens (primary N) is 1. The van der Waals surface area contributed by atoms with E-state index in [-0.39, 0.29) is 0 Å². The fourth-order valence-corrected chi connectivity index (χ4v) is 2.77. The summed E-state index contributed by atoms with van der Waals surface area (Å²) in [6, 6.07) is 5.62. The number of rotatable bonds is 6. The van der Waals surface area contributed by atoms with E-state index in [2.05, 4.69) is 24.2 Å². The van der Waals surface area contributed by atoms with Gasteiger partial charge in [0.15, 0.2) is 0 Å². The molecular formula is C16H23N3O. The van der Waals surface area contributed by atoms with E-state index < -0.39 is 5.91 Å². The van der Waals surface area contributed by atoms with Gasteiger partial charge in [0, 0.05) is 5.92 Å². The monoisotopic (exact) mass is 273 g/mol. The lowest BCUT2D eigenvalue weighted by Crippen LogP contribution is -2.28. The van der Waals surface area contributed by atoms with Gasteiger partial charge in [-0.1, -0.05) is 38.8 Å². The molecule has 0 radical (unpaired) electrons. The first kappa shape index (κ1) is 14.6. The minimum atomic E-state index is -0.391. The Labute approximate surface area is 120 Å². The number of para-hydroxylation sites is 1. The van der Waals surface area contributed by atoms with Crippen molar-refractivity contribution < 1.29 is 4.79 Å². The van der Waals surface area contributed by atoms with E-state index in [0.717, 1.165) is 42.8 Å². The van der Waals surface area contributed by atoms with Gasteiger partial charge in [0.2, 0.25) is 0 Å². The van der Waals surface area contributed by atoms with E-state index in [1.165, 1.54) is 0 Å². The zero-order valence-corrected chi connectivity index (χ0v) is 12.3. The first-order valence-corrected chi connectivity index (χ1v) is 7.40. The van der Waals surface area contributed by atoms with Crippen molar-refractivity contribution in [3.8, 4) is 0 Å². The van der Waals surface area contributed by atoms with Crippen molar-refractivity contribution in [2.45, 2.75) is 46.1 Å². The summed E-state index contributed by atoms with van der Waals surface area (Å²) < 4.78 is 0. The summed E-state index contributed by atoms with van der Waals surface area (Å²) in [5.74, 6) is 1.06. The molecule has 1 aliphatic heterocycles. The average Bonchev–Trinajstić information content (AvgIpc) is 2.45. The van der Waals surface area contributed by atoms with Crippen LogP contribution in [0, 0.1) is 5.92 Å². The van der Waals surface area contributed by atoms with Crippen LogP contribution in [0.1, 0.15) is 55.5 Å². The smallest absolute Gasteiger partial charge is 0.250 e. The maximum absolute atomic E-state index is 11.5. The molecule has 0 saturated heterocycles. The molecule has 1 aliphatic rings. The second kappa shape index (κ2) is 6.55. The number of amides is 1. The molecule has 1 aromatic carbocycles. The third-order valence-electron chi connectivity index (χ3n) is 3.75. The number of carbonyl (C=O) groups is 1. The summed E-state index contributed by atoms with van der Waals surface area (Å²) in [5.41, 5.74) is 7.90. The maximum Gasteiger partial charge on any atom is 0.250 e. The first-order chi connectivity index (χ1) is 9.67. The predicted octanol–water partition coefficient (Wildman–Crippen LogP) is 3.33. The van der Waals surface area contributed by atoms with Crippen LogP contribution < -0.4 is 11.1 Å². The van der Waals surface area contributed by atoms with Crippen molar-refractivity contribution in [2.75, 3.05) is 5.32 Å². The molecule has 20 heavy (non-hydrogen) atoms. The number of carbonyl (C=O) groups excluding carboxylic acids is 1. The molecule has 0 aromatic heterocycles. The van der Waals surface area contributed by atoms with Gasteiger partial charge in [-0.2, -0.15) is 0 Å². The van der Waals surface area contributed by atoms with Crippen LogP contribution in [0.3, 0.4) is 0 Å². The molecule has 1 aromatic rings. The summed E-state index contributed by atoms with van der Waals surface area (Å²) in [5, 5.41) is 3.37. The highest BCUT2D eigenvalue weighted by atomic mass is 16.1. The van der Waals surface area contributed by atoms with Gasteiger partial charge in [0.1, 0.15) is 5.84 Å². The molecule has 108 valence electrons. The molecule has 3 N–H and O–H groups in total. The Kier molecular flexibility index (Phi) is 4.77. The Bertz CT molecular complexity index is 516. The van der Waals surface area contributed by atoms with Crippen molar-refractivity contribution >= 4 is 17.4 Å². The number of fused-ring (bicyclic) bond motifs is 1. The number of hydrogen-bond acceptors (Lipinski definition) is 3. The normalized spacial score (nSPS) is 13.7. The molecule has 4 heteroatoms. The van der Waals surface area contributed by atoms with E-state index in [1.54, 1.807) is 6.07 Å². The summed E-state index contributed by atoms with van der Waals surface area (Å²) in [6.45, 7) is 5.01. The van der Waals surface area contributed by atoms with Gasteiger partial charge in [-0.15, -0.1) is 0 Å².